The molecule has 2 rings (SSSR count). The van der Waals surface area contributed by atoms with Crippen molar-refractivity contribution in [1.29, 1.82) is 0 Å². The maximum Gasteiger partial charge on any atom is 0.311 e. The van der Waals surface area contributed by atoms with Gasteiger partial charge >= 0.3 is 5.97 Å². The third-order valence-electron chi connectivity index (χ3n) is 3.10. The Morgan fingerprint density at radius 3 is 2.38 bits per heavy atom. The van der Waals surface area contributed by atoms with E-state index in [1.807, 2.05) is 0 Å². The van der Waals surface area contributed by atoms with E-state index in [1.165, 1.54) is 30.3 Å². The average Bonchev–Trinajstić information content (AvgIpc) is 2.45. The fourth-order valence-electron chi connectivity index (χ4n) is 2.01. The molecule has 1 N–H and O–H groups in total. The standard InChI is InChI=1S/C16H12ClFO3/c17-12-6-4-10(5-7-12)15(19)9-14(16(20)21)11-2-1-3-13(18)8-11/h1-8,14H,9H2,(H,20,21)/t14-/m1/s1. The lowest BCUT2D eigenvalue weighted by Crippen LogP contribution is -2.16. The third kappa shape index (κ3) is 3.89. The van der Waals surface area contributed by atoms with Gasteiger partial charge in [-0.15, -0.1) is 0 Å². The van der Waals surface area contributed by atoms with Crippen LogP contribution in [0, 0.1) is 5.82 Å². The molecule has 3 nitrogen and oxygen atoms in total. The number of carbonyl (C=O) groups excluding carboxylic acids is 1. The van der Waals surface area contributed by atoms with E-state index < -0.39 is 17.7 Å². The molecule has 0 aromatic heterocycles. The van der Waals surface area contributed by atoms with Gasteiger partial charge in [0.2, 0.25) is 0 Å². The van der Waals surface area contributed by atoms with Crippen LogP contribution >= 0.6 is 11.6 Å². The second kappa shape index (κ2) is 6.50. The minimum absolute atomic E-state index is 0.236. The Morgan fingerprint density at radius 2 is 1.81 bits per heavy atom. The Morgan fingerprint density at radius 1 is 1.14 bits per heavy atom. The molecule has 0 radical (unpaired) electrons. The number of hydrogen-bond donors (Lipinski definition) is 1. The van der Waals surface area contributed by atoms with Crippen molar-refractivity contribution in [3.63, 3.8) is 0 Å². The van der Waals surface area contributed by atoms with Crippen LogP contribution in [-0.2, 0) is 4.79 Å². The van der Waals surface area contributed by atoms with Crippen LogP contribution in [0.5, 0.6) is 0 Å². The summed E-state index contributed by atoms with van der Waals surface area (Å²) in [5, 5.41) is 9.75. The van der Waals surface area contributed by atoms with Gasteiger partial charge in [-0.25, -0.2) is 4.39 Å². The Labute approximate surface area is 126 Å². The molecular formula is C16H12ClFO3. The van der Waals surface area contributed by atoms with Crippen molar-refractivity contribution in [3.05, 3.63) is 70.5 Å². The largest absolute Gasteiger partial charge is 0.481 e. The normalized spacial score (nSPS) is 11.9. The fraction of sp³-hybridized carbons (Fsp3) is 0.125. The van der Waals surface area contributed by atoms with E-state index in [0.29, 0.717) is 10.6 Å². The molecule has 0 unspecified atom stereocenters. The molecule has 0 aliphatic rings. The maximum atomic E-state index is 13.2. The summed E-state index contributed by atoms with van der Waals surface area (Å²) < 4.78 is 13.2. The van der Waals surface area contributed by atoms with E-state index in [-0.39, 0.29) is 17.8 Å². The molecule has 0 saturated carbocycles. The molecule has 0 aliphatic carbocycles. The third-order valence-corrected chi connectivity index (χ3v) is 3.36. The number of aliphatic carboxylic acids is 1. The minimum Gasteiger partial charge on any atom is -0.481 e. The van der Waals surface area contributed by atoms with Gasteiger partial charge < -0.3 is 5.11 Å². The maximum absolute atomic E-state index is 13.2. The summed E-state index contributed by atoms with van der Waals surface area (Å²) in [5.41, 5.74) is 0.645. The van der Waals surface area contributed by atoms with E-state index in [1.54, 1.807) is 12.1 Å². The minimum atomic E-state index is -1.16. The Bertz CT molecular complexity index is 667. The zero-order chi connectivity index (χ0) is 15.4. The number of hydrogen-bond acceptors (Lipinski definition) is 2. The highest BCUT2D eigenvalue weighted by Crippen LogP contribution is 2.23. The molecule has 2 aromatic carbocycles. The Hall–Kier alpha value is -2.20. The Kier molecular flexibility index (Phi) is 4.70. The highest BCUT2D eigenvalue weighted by molar-refractivity contribution is 6.30. The summed E-state index contributed by atoms with van der Waals surface area (Å²) in [6.07, 6.45) is -0.236. The SMILES string of the molecule is O=C(C[C@@H](C(=O)O)c1cccc(F)c1)c1ccc(Cl)cc1. The number of carbonyl (C=O) groups is 2. The molecule has 5 heteroatoms. The summed E-state index contributed by atoms with van der Waals surface area (Å²) in [6.45, 7) is 0. The van der Waals surface area contributed by atoms with Crippen molar-refractivity contribution in [1.82, 2.24) is 0 Å². The second-order valence-electron chi connectivity index (χ2n) is 4.58. The van der Waals surface area contributed by atoms with Crippen molar-refractivity contribution >= 4 is 23.4 Å². The van der Waals surface area contributed by atoms with E-state index in [4.69, 9.17) is 11.6 Å². The van der Waals surface area contributed by atoms with E-state index >= 15 is 0 Å². The number of rotatable bonds is 5. The van der Waals surface area contributed by atoms with Crippen LogP contribution in [0.3, 0.4) is 0 Å². The zero-order valence-corrected chi connectivity index (χ0v) is 11.7. The smallest absolute Gasteiger partial charge is 0.311 e. The summed E-state index contributed by atoms with van der Waals surface area (Å²) in [6, 6.07) is 11.5. The van der Waals surface area contributed by atoms with Crippen molar-refractivity contribution in [2.24, 2.45) is 0 Å². The van der Waals surface area contributed by atoms with Crippen LogP contribution in [0.25, 0.3) is 0 Å². The summed E-state index contributed by atoms with van der Waals surface area (Å²) in [4.78, 5) is 23.5. The van der Waals surface area contributed by atoms with Gasteiger partial charge in [-0.05, 0) is 42.0 Å². The van der Waals surface area contributed by atoms with Gasteiger partial charge in [0, 0.05) is 17.0 Å². The summed E-state index contributed by atoms with van der Waals surface area (Å²) >= 11 is 5.74. The molecular weight excluding hydrogens is 295 g/mol. The average molecular weight is 307 g/mol. The molecule has 0 bridgehead atoms. The fourth-order valence-corrected chi connectivity index (χ4v) is 2.14. The quantitative estimate of drug-likeness (QED) is 0.852. The number of halogens is 2. The predicted octanol–water partition coefficient (Wildman–Crippen LogP) is 3.92. The molecule has 0 fully saturated rings. The monoisotopic (exact) mass is 306 g/mol. The van der Waals surface area contributed by atoms with Crippen LogP contribution in [0.15, 0.2) is 48.5 Å². The second-order valence-corrected chi connectivity index (χ2v) is 5.02. The number of ketones is 1. The van der Waals surface area contributed by atoms with Crippen LogP contribution in [0.1, 0.15) is 28.3 Å². The number of carboxylic acids is 1. The molecule has 21 heavy (non-hydrogen) atoms. The topological polar surface area (TPSA) is 54.4 Å². The molecule has 0 amide bonds. The first kappa shape index (κ1) is 15.2. The molecule has 0 saturated heterocycles. The Balaban J connectivity index is 2.22. The van der Waals surface area contributed by atoms with Crippen LogP contribution in [0.2, 0.25) is 5.02 Å². The highest BCUT2D eigenvalue weighted by atomic mass is 35.5. The van der Waals surface area contributed by atoms with E-state index in [9.17, 15) is 19.1 Å². The highest BCUT2D eigenvalue weighted by Gasteiger charge is 2.24. The summed E-state index contributed by atoms with van der Waals surface area (Å²) in [7, 11) is 0. The molecule has 0 aliphatic heterocycles. The van der Waals surface area contributed by atoms with Gasteiger partial charge in [-0.1, -0.05) is 23.7 Å². The van der Waals surface area contributed by atoms with E-state index in [0.717, 1.165) is 6.07 Å². The first-order chi connectivity index (χ1) is 9.97. The molecule has 2 aromatic rings. The predicted molar refractivity (Wildman–Crippen MR) is 77.2 cm³/mol. The van der Waals surface area contributed by atoms with Gasteiger partial charge in [-0.3, -0.25) is 9.59 Å². The number of carboxylic acid groups (broad SMARTS) is 1. The molecule has 0 heterocycles. The number of Topliss-reactive ketones (excluding diaryl/α,β-unsaturated/α-hetero) is 1. The molecule has 108 valence electrons. The van der Waals surface area contributed by atoms with Crippen molar-refractivity contribution in [2.75, 3.05) is 0 Å². The first-order valence-corrected chi connectivity index (χ1v) is 6.62. The summed E-state index contributed by atoms with van der Waals surface area (Å²) in [5.74, 6) is -3.10. The number of benzene rings is 2. The van der Waals surface area contributed by atoms with Crippen molar-refractivity contribution < 1.29 is 19.1 Å². The molecule has 1 atom stereocenters. The van der Waals surface area contributed by atoms with Gasteiger partial charge in [0.1, 0.15) is 5.82 Å². The lowest BCUT2D eigenvalue weighted by atomic mass is 9.91. The first-order valence-electron chi connectivity index (χ1n) is 6.24. The van der Waals surface area contributed by atoms with Gasteiger partial charge in [0.05, 0.1) is 5.92 Å². The van der Waals surface area contributed by atoms with Gasteiger partial charge in [0.15, 0.2) is 5.78 Å². The van der Waals surface area contributed by atoms with Gasteiger partial charge in [-0.2, -0.15) is 0 Å². The zero-order valence-electron chi connectivity index (χ0n) is 10.9. The van der Waals surface area contributed by atoms with Gasteiger partial charge in [0.25, 0.3) is 0 Å². The lowest BCUT2D eigenvalue weighted by Gasteiger charge is -2.12. The van der Waals surface area contributed by atoms with Crippen LogP contribution in [0.4, 0.5) is 4.39 Å². The van der Waals surface area contributed by atoms with Crippen molar-refractivity contribution in [3.8, 4) is 0 Å². The molecule has 0 spiro atoms. The van der Waals surface area contributed by atoms with E-state index in [2.05, 4.69) is 0 Å². The lowest BCUT2D eigenvalue weighted by molar-refractivity contribution is -0.138. The van der Waals surface area contributed by atoms with Crippen molar-refractivity contribution in [2.45, 2.75) is 12.3 Å². The van der Waals surface area contributed by atoms with Crippen LogP contribution in [-0.4, -0.2) is 16.9 Å². The van der Waals surface area contributed by atoms with Crippen LogP contribution < -0.4 is 0 Å².